The molecule has 2 fully saturated rings. The second kappa shape index (κ2) is 13.1. The van der Waals surface area contributed by atoms with Crippen LogP contribution >= 0.6 is 11.6 Å². The molecule has 0 radical (unpaired) electrons. The molecule has 0 aromatic heterocycles. The molecule has 7 atom stereocenters. The molecular formula is C40H50ClFN4O4. The Morgan fingerprint density at radius 3 is 2.74 bits per heavy atom. The van der Waals surface area contributed by atoms with E-state index in [-0.39, 0.29) is 34.5 Å². The molecule has 8 nitrogen and oxygen atoms in total. The predicted molar refractivity (Wildman–Crippen MR) is 192 cm³/mol. The number of ether oxygens (including phenoxy) is 2. The number of carbonyl (C=O) groups excluding carboxylic acids is 2. The molecule has 4 bridgehead atoms. The van der Waals surface area contributed by atoms with Gasteiger partial charge in [0.05, 0.1) is 23.9 Å². The first-order valence-electron chi connectivity index (χ1n) is 18.6. The van der Waals surface area contributed by atoms with Gasteiger partial charge in [-0.15, -0.1) is 0 Å². The number of halogens is 2. The van der Waals surface area contributed by atoms with Gasteiger partial charge in [0.15, 0.2) is 0 Å². The average Bonchev–Trinajstić information content (AvgIpc) is 3.22. The zero-order chi connectivity index (χ0) is 34.8. The Balaban J connectivity index is 1.21. The monoisotopic (exact) mass is 704 g/mol. The molecule has 1 saturated carbocycles. The quantitative estimate of drug-likeness (QED) is 0.396. The number of amides is 2. The Bertz CT molecular complexity index is 1720. The van der Waals surface area contributed by atoms with Crippen LogP contribution in [0.5, 0.6) is 5.75 Å². The third-order valence-corrected chi connectivity index (χ3v) is 13.7. The van der Waals surface area contributed by atoms with Gasteiger partial charge in [0.1, 0.15) is 17.2 Å². The molecule has 9 rings (SSSR count). The van der Waals surface area contributed by atoms with Gasteiger partial charge in [0, 0.05) is 57.4 Å². The van der Waals surface area contributed by atoms with E-state index in [2.05, 4.69) is 40.4 Å². The van der Waals surface area contributed by atoms with Crippen LogP contribution in [0, 0.1) is 35.4 Å². The molecule has 268 valence electrons. The van der Waals surface area contributed by atoms with Gasteiger partial charge in [-0.1, -0.05) is 37.6 Å². The molecule has 7 aliphatic rings. The van der Waals surface area contributed by atoms with Crippen LogP contribution in [0.2, 0.25) is 5.02 Å². The van der Waals surface area contributed by atoms with Crippen LogP contribution in [-0.2, 0) is 21.4 Å². The summed E-state index contributed by atoms with van der Waals surface area (Å²) in [5, 5.41) is 6.38. The maximum absolute atomic E-state index is 15.5. The molecule has 4 heterocycles. The van der Waals surface area contributed by atoms with Gasteiger partial charge in [-0.05, 0) is 109 Å². The molecule has 4 aliphatic heterocycles. The van der Waals surface area contributed by atoms with Gasteiger partial charge in [-0.2, -0.15) is 0 Å². The molecule has 50 heavy (non-hydrogen) atoms. The first-order chi connectivity index (χ1) is 24.1. The first kappa shape index (κ1) is 34.0. The zero-order valence-corrected chi connectivity index (χ0v) is 30.3. The van der Waals surface area contributed by atoms with Crippen molar-refractivity contribution in [2.24, 2.45) is 29.6 Å². The molecule has 3 aliphatic carbocycles. The summed E-state index contributed by atoms with van der Waals surface area (Å²) in [7, 11) is 1.86. The number of carbonyl (C=O) groups is 2. The number of nitrogens with zero attached hydrogens (tertiary/aromatic N) is 2. The molecule has 1 spiro atoms. The van der Waals surface area contributed by atoms with Crippen LogP contribution < -0.4 is 20.3 Å². The maximum Gasteiger partial charge on any atom is 0.251 e. The van der Waals surface area contributed by atoms with E-state index in [9.17, 15) is 9.59 Å². The number of piperazine rings is 1. The first-order valence-corrected chi connectivity index (χ1v) is 19.0. The van der Waals surface area contributed by atoms with Crippen molar-refractivity contribution in [1.82, 2.24) is 15.5 Å². The molecule has 2 aromatic carbocycles. The predicted octanol–water partition coefficient (Wildman–Crippen LogP) is 5.76. The molecule has 2 N–H and O–H groups in total. The minimum Gasteiger partial charge on any atom is -0.490 e. The minimum atomic E-state index is -0.493. The smallest absolute Gasteiger partial charge is 0.251 e. The number of fused-ring (bicyclic) bond motifs is 6. The summed E-state index contributed by atoms with van der Waals surface area (Å²) in [6.45, 7) is 9.47. The number of methoxy groups -OCH3 is 1. The van der Waals surface area contributed by atoms with E-state index in [1.165, 1.54) is 5.57 Å². The Morgan fingerprint density at radius 1 is 1.14 bits per heavy atom. The van der Waals surface area contributed by atoms with Crippen molar-refractivity contribution >= 4 is 29.1 Å². The Kier molecular flexibility index (Phi) is 8.92. The molecule has 10 heteroatoms. The third kappa shape index (κ3) is 5.72. The second-order valence-corrected chi connectivity index (χ2v) is 16.5. The lowest BCUT2D eigenvalue weighted by Gasteiger charge is -2.56. The number of hydrogen-bond donors (Lipinski definition) is 2. The third-order valence-electron chi connectivity index (χ3n) is 13.4. The molecule has 2 amide bonds. The lowest BCUT2D eigenvalue weighted by atomic mass is 9.57. The van der Waals surface area contributed by atoms with Gasteiger partial charge in [0.2, 0.25) is 5.91 Å². The number of rotatable bonds is 3. The van der Waals surface area contributed by atoms with E-state index in [4.69, 9.17) is 21.1 Å². The summed E-state index contributed by atoms with van der Waals surface area (Å²) in [4.78, 5) is 30.9. The number of nitrogens with one attached hydrogen (secondary N) is 2. The summed E-state index contributed by atoms with van der Waals surface area (Å²) in [5.41, 5.74) is 3.64. The van der Waals surface area contributed by atoms with Crippen LogP contribution in [0.15, 0.2) is 42.0 Å². The van der Waals surface area contributed by atoms with Crippen LogP contribution in [0.4, 0.5) is 10.1 Å². The van der Waals surface area contributed by atoms with Crippen molar-refractivity contribution < 1.29 is 23.5 Å². The van der Waals surface area contributed by atoms with E-state index < -0.39 is 11.0 Å². The van der Waals surface area contributed by atoms with Crippen molar-refractivity contribution in [3.05, 3.63) is 69.5 Å². The van der Waals surface area contributed by atoms with Crippen molar-refractivity contribution in [1.29, 1.82) is 0 Å². The second-order valence-electron chi connectivity index (χ2n) is 16.1. The van der Waals surface area contributed by atoms with Gasteiger partial charge >= 0.3 is 0 Å². The normalized spacial score (nSPS) is 34.1. The minimum absolute atomic E-state index is 0.0681. The van der Waals surface area contributed by atoms with Crippen LogP contribution in [-0.4, -0.2) is 81.8 Å². The topological polar surface area (TPSA) is 83.1 Å². The van der Waals surface area contributed by atoms with Gasteiger partial charge in [0.25, 0.3) is 5.91 Å². The van der Waals surface area contributed by atoms with E-state index in [1.807, 2.05) is 31.4 Å². The average molecular weight is 705 g/mol. The van der Waals surface area contributed by atoms with Crippen molar-refractivity contribution in [3.63, 3.8) is 0 Å². The van der Waals surface area contributed by atoms with E-state index in [0.29, 0.717) is 74.6 Å². The van der Waals surface area contributed by atoms with Crippen molar-refractivity contribution in [3.8, 4) is 5.75 Å². The lowest BCUT2D eigenvalue weighted by Crippen LogP contribution is -2.62. The van der Waals surface area contributed by atoms with Crippen LogP contribution in [0.3, 0.4) is 0 Å². The highest BCUT2D eigenvalue weighted by molar-refractivity contribution is 6.30. The fraction of sp³-hybridized carbons (Fsp3) is 0.600. The largest absolute Gasteiger partial charge is 0.490 e. The summed E-state index contributed by atoms with van der Waals surface area (Å²) in [6, 6.07) is 9.51. The Hall–Kier alpha value is -3.14. The highest BCUT2D eigenvalue weighted by Crippen LogP contribution is 2.54. The highest BCUT2D eigenvalue weighted by atomic mass is 35.5. The number of benzene rings is 2. The summed E-state index contributed by atoms with van der Waals surface area (Å²) in [5.74, 6) is 2.09. The fourth-order valence-corrected chi connectivity index (χ4v) is 10.2. The Morgan fingerprint density at radius 2 is 1.98 bits per heavy atom. The zero-order valence-electron chi connectivity index (χ0n) is 29.5. The Labute approximate surface area is 300 Å². The van der Waals surface area contributed by atoms with Crippen molar-refractivity contribution in [2.45, 2.75) is 63.4 Å². The fourth-order valence-electron chi connectivity index (χ4n) is 10.0. The molecular weight excluding hydrogens is 655 g/mol. The van der Waals surface area contributed by atoms with E-state index in [0.717, 1.165) is 62.2 Å². The van der Waals surface area contributed by atoms with E-state index in [1.54, 1.807) is 6.07 Å². The number of allylic oxidation sites excluding steroid dienone is 1. The molecule has 0 unspecified atom stereocenters. The van der Waals surface area contributed by atoms with Crippen LogP contribution in [0.25, 0.3) is 0 Å². The highest BCUT2D eigenvalue weighted by Gasteiger charge is 2.54. The van der Waals surface area contributed by atoms with Crippen molar-refractivity contribution in [2.75, 3.05) is 64.4 Å². The van der Waals surface area contributed by atoms with Gasteiger partial charge in [-0.3, -0.25) is 14.5 Å². The SMILES string of the molecule is CO[C@@]1(CN2CCNC(=O)C2)C2=C[C@@H](C2)[C@H](C)[C@@H](C)CNC(=O)c2ccc3c(c2)N(C[C@@H]2CC[C@H]21)C[C@@]1(CCCc2c1ccc(Cl)c2F)CO3. The molecule has 1 saturated heterocycles. The molecule has 2 aromatic rings. The summed E-state index contributed by atoms with van der Waals surface area (Å²) in [6.07, 6.45) is 7.89. The van der Waals surface area contributed by atoms with Gasteiger partial charge in [-0.25, -0.2) is 4.39 Å². The van der Waals surface area contributed by atoms with Crippen LogP contribution in [0.1, 0.15) is 67.4 Å². The van der Waals surface area contributed by atoms with Gasteiger partial charge < -0.3 is 25.0 Å². The lowest BCUT2D eigenvalue weighted by molar-refractivity contribution is -0.130. The van der Waals surface area contributed by atoms with E-state index >= 15 is 4.39 Å². The summed E-state index contributed by atoms with van der Waals surface area (Å²) < 4.78 is 28.9. The number of anilines is 1. The standard InChI is InChI=1S/C40H50ClFN4O4/c1-24-18-44-38(48)26-7-11-35-34(17-26)46(21-39(23-50-35)12-4-5-30-32(39)9-10-33(41)37(30)42)19-27-6-8-31(27)40(49-3,29-15-28(16-29)25(24)2)22-45-14-13-43-36(47)20-45/h7,9-11,15,17,24-25,27-28,31H,4-6,8,12-14,16,18-23H2,1-3H3,(H,43,47)(H,44,48)/t24-,25+,27-,28-,31+,39-,40-/m0/s1. The number of hydrogen-bond acceptors (Lipinski definition) is 6. The summed E-state index contributed by atoms with van der Waals surface area (Å²) >= 11 is 6.30. The maximum atomic E-state index is 15.5.